The maximum atomic E-state index is 12.8. The minimum atomic E-state index is -0.220. The maximum Gasteiger partial charge on any atom is 0.233 e. The summed E-state index contributed by atoms with van der Waals surface area (Å²) in [7, 11) is 0. The van der Waals surface area contributed by atoms with E-state index in [-0.39, 0.29) is 40.9 Å². The van der Waals surface area contributed by atoms with Gasteiger partial charge in [-0.2, -0.15) is 0 Å². The summed E-state index contributed by atoms with van der Waals surface area (Å²) < 4.78 is 0. The van der Waals surface area contributed by atoms with Gasteiger partial charge in [0.15, 0.2) is 0 Å². The van der Waals surface area contributed by atoms with Crippen molar-refractivity contribution in [3.8, 4) is 0 Å². The fourth-order valence-electron chi connectivity index (χ4n) is 6.32. The molecule has 2 aliphatic heterocycles. The molecule has 0 aromatic rings. The number of unbranched alkanes of at least 4 members (excludes halogenated alkanes) is 2. The number of piperidine rings is 1. The lowest BCUT2D eigenvalue weighted by Crippen LogP contribution is -2.39. The lowest BCUT2D eigenvalue weighted by atomic mass is 9.79. The fourth-order valence-corrected chi connectivity index (χ4v) is 6.32. The van der Waals surface area contributed by atoms with Gasteiger partial charge < -0.3 is 10.2 Å². The standard InChI is InChI=1S/C30H51N3O4/c1-21(2)23-14-17-32(18-15-23)26(34)9-7-6-8-16-31-28(36)24-12-10-22(11-13-24)20-33-27(35)19-25(29(33)37)30(3,4)5/h21-25H,6-20H2,1-5H3,(H,31,36). The first-order valence-electron chi connectivity index (χ1n) is 14.9. The van der Waals surface area contributed by atoms with Crippen LogP contribution in [-0.4, -0.2) is 59.6 Å². The number of likely N-dealkylation sites (tertiary alicyclic amines) is 2. The van der Waals surface area contributed by atoms with Crippen LogP contribution in [0, 0.1) is 35.0 Å². The van der Waals surface area contributed by atoms with E-state index in [0.29, 0.717) is 37.8 Å². The number of carbonyl (C=O) groups is 4. The van der Waals surface area contributed by atoms with Crippen LogP contribution in [0.25, 0.3) is 0 Å². The molecule has 1 unspecified atom stereocenters. The second kappa shape index (κ2) is 13.2. The van der Waals surface area contributed by atoms with Gasteiger partial charge in [-0.05, 0) is 74.5 Å². The smallest absolute Gasteiger partial charge is 0.233 e. The number of nitrogens with zero attached hydrogens (tertiary/aromatic N) is 2. The number of hydrogen-bond acceptors (Lipinski definition) is 4. The van der Waals surface area contributed by atoms with Gasteiger partial charge in [-0.25, -0.2) is 0 Å². The molecule has 1 atom stereocenters. The highest BCUT2D eigenvalue weighted by atomic mass is 16.2. The zero-order chi connectivity index (χ0) is 27.2. The number of nitrogens with one attached hydrogen (secondary N) is 1. The molecule has 0 bridgehead atoms. The lowest BCUT2D eigenvalue weighted by molar-refractivity contribution is -0.141. The molecule has 0 aromatic heterocycles. The van der Waals surface area contributed by atoms with E-state index in [2.05, 4.69) is 19.2 Å². The zero-order valence-corrected chi connectivity index (χ0v) is 24.0. The molecular weight excluding hydrogens is 466 g/mol. The molecule has 3 aliphatic rings. The van der Waals surface area contributed by atoms with Gasteiger partial charge in [-0.1, -0.05) is 41.0 Å². The van der Waals surface area contributed by atoms with Gasteiger partial charge in [0.1, 0.15) is 0 Å². The SMILES string of the molecule is CC(C)C1CCN(C(=O)CCCCCNC(=O)C2CCC(CN3C(=O)CC(C(C)(C)C)C3=O)CC2)CC1. The monoisotopic (exact) mass is 517 g/mol. The van der Waals surface area contributed by atoms with Gasteiger partial charge in [0.25, 0.3) is 0 Å². The van der Waals surface area contributed by atoms with Crippen LogP contribution >= 0.6 is 0 Å². The Morgan fingerprint density at radius 1 is 0.946 bits per heavy atom. The number of amides is 4. The molecular formula is C30H51N3O4. The quantitative estimate of drug-likeness (QED) is 0.334. The van der Waals surface area contributed by atoms with Gasteiger partial charge in [0, 0.05) is 44.9 Å². The van der Waals surface area contributed by atoms with Crippen molar-refractivity contribution in [3.05, 3.63) is 0 Å². The third-order valence-corrected chi connectivity index (χ3v) is 9.15. The van der Waals surface area contributed by atoms with Crippen molar-refractivity contribution < 1.29 is 19.2 Å². The van der Waals surface area contributed by atoms with Gasteiger partial charge >= 0.3 is 0 Å². The van der Waals surface area contributed by atoms with E-state index in [1.54, 1.807) is 0 Å². The molecule has 37 heavy (non-hydrogen) atoms. The van der Waals surface area contributed by atoms with E-state index in [9.17, 15) is 19.2 Å². The Kier molecular flexibility index (Phi) is 10.6. The molecule has 3 fully saturated rings. The molecule has 4 amide bonds. The highest BCUT2D eigenvalue weighted by molar-refractivity contribution is 6.03. The Morgan fingerprint density at radius 2 is 1.59 bits per heavy atom. The van der Waals surface area contributed by atoms with Crippen LogP contribution in [0.1, 0.15) is 105 Å². The number of rotatable bonds is 10. The highest BCUT2D eigenvalue weighted by Crippen LogP contribution is 2.37. The Bertz CT molecular complexity index is 802. The summed E-state index contributed by atoms with van der Waals surface area (Å²) >= 11 is 0. The number of carbonyl (C=O) groups excluding carboxylic acids is 4. The van der Waals surface area contributed by atoms with Crippen LogP contribution in [0.4, 0.5) is 0 Å². The van der Waals surface area contributed by atoms with E-state index < -0.39 is 0 Å². The summed E-state index contributed by atoms with van der Waals surface area (Å²) in [5, 5.41) is 3.09. The Morgan fingerprint density at radius 3 is 2.16 bits per heavy atom. The Balaban J connectivity index is 1.25. The summed E-state index contributed by atoms with van der Waals surface area (Å²) in [5.41, 5.74) is -0.197. The Labute approximate surface area is 224 Å². The van der Waals surface area contributed by atoms with E-state index in [4.69, 9.17) is 0 Å². The molecule has 1 aliphatic carbocycles. The first-order valence-corrected chi connectivity index (χ1v) is 14.9. The van der Waals surface area contributed by atoms with Crippen LogP contribution in [0.15, 0.2) is 0 Å². The van der Waals surface area contributed by atoms with Crippen molar-refractivity contribution >= 4 is 23.6 Å². The minimum absolute atomic E-state index is 0.0187. The highest BCUT2D eigenvalue weighted by Gasteiger charge is 2.45. The molecule has 7 heteroatoms. The Hall–Kier alpha value is -1.92. The van der Waals surface area contributed by atoms with Crippen LogP contribution < -0.4 is 5.32 Å². The summed E-state index contributed by atoms with van der Waals surface area (Å²) in [6, 6.07) is 0. The van der Waals surface area contributed by atoms with Crippen molar-refractivity contribution in [3.63, 3.8) is 0 Å². The van der Waals surface area contributed by atoms with Crippen molar-refractivity contribution in [2.24, 2.45) is 35.0 Å². The molecule has 1 saturated carbocycles. The van der Waals surface area contributed by atoms with Crippen LogP contribution in [-0.2, 0) is 19.2 Å². The summed E-state index contributed by atoms with van der Waals surface area (Å²) in [6.07, 6.45) is 9.33. The van der Waals surface area contributed by atoms with Crippen LogP contribution in [0.5, 0.6) is 0 Å². The first-order chi connectivity index (χ1) is 17.5. The van der Waals surface area contributed by atoms with E-state index >= 15 is 0 Å². The van der Waals surface area contributed by atoms with E-state index in [0.717, 1.165) is 76.8 Å². The normalized spacial score (nSPS) is 25.7. The summed E-state index contributed by atoms with van der Waals surface area (Å²) in [5.74, 6) is 1.92. The molecule has 2 heterocycles. The zero-order valence-electron chi connectivity index (χ0n) is 24.0. The molecule has 0 aromatic carbocycles. The van der Waals surface area contributed by atoms with Crippen molar-refractivity contribution in [1.29, 1.82) is 0 Å². The number of hydrogen-bond donors (Lipinski definition) is 1. The van der Waals surface area contributed by atoms with E-state index in [1.165, 1.54) is 4.90 Å². The summed E-state index contributed by atoms with van der Waals surface area (Å²) in [6.45, 7) is 13.6. The lowest BCUT2D eigenvalue weighted by Gasteiger charge is -2.34. The maximum absolute atomic E-state index is 12.8. The fraction of sp³-hybridized carbons (Fsp3) is 0.867. The predicted octanol–water partition coefficient (Wildman–Crippen LogP) is 4.79. The van der Waals surface area contributed by atoms with Gasteiger partial charge in [0.2, 0.25) is 23.6 Å². The summed E-state index contributed by atoms with van der Waals surface area (Å²) in [4.78, 5) is 53.9. The molecule has 0 spiro atoms. The average molecular weight is 518 g/mol. The predicted molar refractivity (Wildman–Crippen MR) is 145 cm³/mol. The molecule has 0 radical (unpaired) electrons. The molecule has 210 valence electrons. The first kappa shape index (κ1) is 29.6. The second-order valence-corrected chi connectivity index (χ2v) is 13.2. The second-order valence-electron chi connectivity index (χ2n) is 13.2. The van der Waals surface area contributed by atoms with Crippen molar-refractivity contribution in [2.45, 2.75) is 105 Å². The van der Waals surface area contributed by atoms with Crippen molar-refractivity contribution in [1.82, 2.24) is 15.1 Å². The van der Waals surface area contributed by atoms with Crippen LogP contribution in [0.3, 0.4) is 0 Å². The third-order valence-electron chi connectivity index (χ3n) is 9.15. The van der Waals surface area contributed by atoms with Gasteiger partial charge in [-0.3, -0.25) is 24.1 Å². The molecule has 7 nitrogen and oxygen atoms in total. The van der Waals surface area contributed by atoms with Crippen molar-refractivity contribution in [2.75, 3.05) is 26.2 Å². The minimum Gasteiger partial charge on any atom is -0.356 e. The largest absolute Gasteiger partial charge is 0.356 e. The molecule has 1 N–H and O–H groups in total. The van der Waals surface area contributed by atoms with E-state index in [1.807, 2.05) is 25.7 Å². The molecule has 3 rings (SSSR count). The topological polar surface area (TPSA) is 86.8 Å². The van der Waals surface area contributed by atoms with Gasteiger partial charge in [0.05, 0.1) is 5.92 Å². The van der Waals surface area contributed by atoms with Crippen LogP contribution in [0.2, 0.25) is 0 Å². The average Bonchev–Trinajstić information content (AvgIpc) is 3.15. The number of imide groups is 1. The third kappa shape index (κ3) is 8.28. The molecule has 2 saturated heterocycles. The van der Waals surface area contributed by atoms with Gasteiger partial charge in [-0.15, -0.1) is 0 Å².